The van der Waals surface area contributed by atoms with Crippen molar-refractivity contribution < 1.29 is 19.0 Å². The van der Waals surface area contributed by atoms with Crippen LogP contribution in [0.3, 0.4) is 0 Å². The third-order valence-electron chi connectivity index (χ3n) is 6.89. The normalized spacial score (nSPS) is 27.5. The molecule has 2 atom stereocenters. The molecule has 0 radical (unpaired) electrons. The van der Waals surface area contributed by atoms with Gasteiger partial charge in [-0.1, -0.05) is 6.42 Å². The maximum Gasteiger partial charge on any atom is 0.227 e. The predicted octanol–water partition coefficient (Wildman–Crippen LogP) is 2.69. The zero-order valence-corrected chi connectivity index (χ0v) is 16.7. The van der Waals surface area contributed by atoms with Crippen LogP contribution in [0, 0.1) is 11.8 Å². The Bertz CT molecular complexity index is 748. The van der Waals surface area contributed by atoms with E-state index in [9.17, 15) is 4.79 Å². The summed E-state index contributed by atoms with van der Waals surface area (Å²) in [5.41, 5.74) is 1.10. The van der Waals surface area contributed by atoms with Crippen molar-refractivity contribution in [1.29, 1.82) is 0 Å². The van der Waals surface area contributed by atoms with Crippen LogP contribution in [0.15, 0.2) is 12.1 Å². The fourth-order valence-electron chi connectivity index (χ4n) is 5.12. The number of hydrogen-bond donors (Lipinski definition) is 0. The molecule has 0 spiro atoms. The number of methoxy groups -OCH3 is 1. The Morgan fingerprint density at radius 1 is 1.07 bits per heavy atom. The molecule has 4 heterocycles. The van der Waals surface area contributed by atoms with E-state index in [0.717, 1.165) is 67.8 Å². The molecular weight excluding hydrogens is 356 g/mol. The van der Waals surface area contributed by atoms with Crippen molar-refractivity contribution in [3.05, 3.63) is 17.7 Å². The van der Waals surface area contributed by atoms with Crippen molar-refractivity contribution in [2.75, 3.05) is 40.0 Å². The SMILES string of the molecule is COc1cc2c(cc1CN1C[C@H]3CC[C@@H](C1)N(CC1CCC1)C3=O)OCCO2. The zero-order chi connectivity index (χ0) is 19.1. The summed E-state index contributed by atoms with van der Waals surface area (Å²) in [7, 11) is 1.70. The smallest absolute Gasteiger partial charge is 0.227 e. The Morgan fingerprint density at radius 2 is 1.86 bits per heavy atom. The van der Waals surface area contributed by atoms with E-state index in [1.165, 1.54) is 19.3 Å². The molecular formula is C22H30N2O4. The maximum atomic E-state index is 13.0. The molecule has 0 N–H and O–H groups in total. The van der Waals surface area contributed by atoms with Crippen LogP contribution in [0.5, 0.6) is 17.2 Å². The molecule has 152 valence electrons. The van der Waals surface area contributed by atoms with Gasteiger partial charge in [-0.2, -0.15) is 0 Å². The molecule has 4 aliphatic heterocycles. The molecule has 0 aromatic heterocycles. The second-order valence-electron chi connectivity index (χ2n) is 8.72. The summed E-state index contributed by atoms with van der Waals surface area (Å²) in [6, 6.07) is 4.34. The first-order valence-electron chi connectivity index (χ1n) is 10.7. The largest absolute Gasteiger partial charge is 0.496 e. The topological polar surface area (TPSA) is 51.2 Å². The highest BCUT2D eigenvalue weighted by Gasteiger charge is 2.41. The van der Waals surface area contributed by atoms with E-state index in [1.54, 1.807) is 7.11 Å². The van der Waals surface area contributed by atoms with Gasteiger partial charge < -0.3 is 19.1 Å². The van der Waals surface area contributed by atoms with Crippen LogP contribution in [0.1, 0.15) is 37.7 Å². The van der Waals surface area contributed by atoms with Crippen LogP contribution in [0.2, 0.25) is 0 Å². The van der Waals surface area contributed by atoms with Crippen LogP contribution in [-0.4, -0.2) is 61.7 Å². The van der Waals surface area contributed by atoms with E-state index in [2.05, 4.69) is 9.80 Å². The number of fused-ring (bicyclic) bond motifs is 5. The Labute approximate surface area is 166 Å². The van der Waals surface area contributed by atoms with Gasteiger partial charge in [-0.25, -0.2) is 0 Å². The van der Waals surface area contributed by atoms with E-state index < -0.39 is 0 Å². The van der Waals surface area contributed by atoms with Crippen molar-refractivity contribution in [1.82, 2.24) is 9.80 Å². The Balaban J connectivity index is 1.34. The molecule has 1 aliphatic carbocycles. The lowest BCUT2D eigenvalue weighted by Crippen LogP contribution is -2.50. The molecule has 6 nitrogen and oxygen atoms in total. The van der Waals surface area contributed by atoms with Crippen molar-refractivity contribution in [3.63, 3.8) is 0 Å². The van der Waals surface area contributed by atoms with Crippen LogP contribution in [-0.2, 0) is 11.3 Å². The van der Waals surface area contributed by atoms with Gasteiger partial charge in [0.15, 0.2) is 11.5 Å². The van der Waals surface area contributed by atoms with Gasteiger partial charge in [0.1, 0.15) is 19.0 Å². The highest BCUT2D eigenvalue weighted by Crippen LogP contribution is 2.39. The number of amides is 1. The van der Waals surface area contributed by atoms with Gasteiger partial charge in [-0.3, -0.25) is 9.69 Å². The molecule has 3 saturated heterocycles. The highest BCUT2D eigenvalue weighted by atomic mass is 16.6. The Kier molecular flexibility index (Phi) is 4.83. The second kappa shape index (κ2) is 7.47. The van der Waals surface area contributed by atoms with Crippen molar-refractivity contribution in [2.45, 2.75) is 44.7 Å². The third kappa shape index (κ3) is 3.32. The van der Waals surface area contributed by atoms with E-state index in [4.69, 9.17) is 14.2 Å². The Morgan fingerprint density at radius 3 is 2.57 bits per heavy atom. The van der Waals surface area contributed by atoms with Gasteiger partial charge in [-0.05, 0) is 37.7 Å². The number of rotatable bonds is 5. The van der Waals surface area contributed by atoms with Gasteiger partial charge >= 0.3 is 0 Å². The summed E-state index contributed by atoms with van der Waals surface area (Å²) in [6.45, 7) is 4.69. The number of benzene rings is 1. The number of carbonyl (C=O) groups excluding carboxylic acids is 1. The zero-order valence-electron chi connectivity index (χ0n) is 16.7. The fourth-order valence-corrected chi connectivity index (χ4v) is 5.12. The minimum Gasteiger partial charge on any atom is -0.496 e. The van der Waals surface area contributed by atoms with E-state index >= 15 is 0 Å². The fraction of sp³-hybridized carbons (Fsp3) is 0.682. The molecule has 6 heteroatoms. The molecule has 4 fully saturated rings. The minimum absolute atomic E-state index is 0.141. The molecule has 2 bridgehead atoms. The predicted molar refractivity (Wildman–Crippen MR) is 105 cm³/mol. The molecule has 1 aromatic carbocycles. The summed E-state index contributed by atoms with van der Waals surface area (Å²) >= 11 is 0. The van der Waals surface area contributed by atoms with E-state index in [0.29, 0.717) is 25.2 Å². The highest BCUT2D eigenvalue weighted by molar-refractivity contribution is 5.80. The lowest BCUT2D eigenvalue weighted by molar-refractivity contribution is -0.141. The number of nitrogens with zero attached hydrogens (tertiary/aromatic N) is 2. The first kappa shape index (κ1) is 18.1. The standard InChI is InChI=1S/C22H30N2O4/c1-26-19-10-21-20(27-7-8-28-21)9-17(19)13-23-12-16-5-6-18(14-23)24(22(16)25)11-15-3-2-4-15/h9-10,15-16,18H,2-8,11-14H2,1H3/t16-,18+/m1/s1. The number of ether oxygens (including phenoxy) is 3. The quantitative estimate of drug-likeness (QED) is 0.779. The third-order valence-corrected chi connectivity index (χ3v) is 6.89. The monoisotopic (exact) mass is 386 g/mol. The van der Waals surface area contributed by atoms with Crippen molar-refractivity contribution >= 4 is 5.91 Å². The molecule has 1 saturated carbocycles. The van der Waals surface area contributed by atoms with Gasteiger partial charge in [0.05, 0.1) is 13.0 Å². The summed E-state index contributed by atoms with van der Waals surface area (Å²) < 4.78 is 17.1. The molecule has 0 unspecified atom stereocenters. The molecule has 1 amide bonds. The molecule has 6 rings (SSSR count). The number of piperidine rings is 1. The second-order valence-corrected chi connectivity index (χ2v) is 8.72. The molecule has 5 aliphatic rings. The lowest BCUT2D eigenvalue weighted by atomic mass is 9.83. The maximum absolute atomic E-state index is 13.0. The van der Waals surface area contributed by atoms with E-state index in [-0.39, 0.29) is 5.92 Å². The van der Waals surface area contributed by atoms with Crippen LogP contribution in [0.25, 0.3) is 0 Å². The van der Waals surface area contributed by atoms with E-state index in [1.807, 2.05) is 12.1 Å². The average Bonchev–Trinajstić information content (AvgIpc) is 2.94. The van der Waals surface area contributed by atoms with Gasteiger partial charge in [0, 0.05) is 43.9 Å². The lowest BCUT2D eigenvalue weighted by Gasteiger charge is -2.40. The average molecular weight is 386 g/mol. The van der Waals surface area contributed by atoms with Gasteiger partial charge in [0.25, 0.3) is 0 Å². The minimum atomic E-state index is 0.141. The van der Waals surface area contributed by atoms with Crippen molar-refractivity contribution in [2.24, 2.45) is 11.8 Å². The summed E-state index contributed by atoms with van der Waals surface area (Å²) in [5, 5.41) is 0. The first-order chi connectivity index (χ1) is 13.7. The summed E-state index contributed by atoms with van der Waals surface area (Å²) in [5.74, 6) is 3.64. The van der Waals surface area contributed by atoms with Gasteiger partial charge in [0.2, 0.25) is 5.91 Å². The van der Waals surface area contributed by atoms with Crippen LogP contribution < -0.4 is 14.2 Å². The van der Waals surface area contributed by atoms with Gasteiger partial charge in [-0.15, -0.1) is 0 Å². The number of carbonyl (C=O) groups is 1. The molecule has 1 aromatic rings. The van der Waals surface area contributed by atoms with Crippen LogP contribution >= 0.6 is 0 Å². The summed E-state index contributed by atoms with van der Waals surface area (Å²) in [6.07, 6.45) is 6.08. The van der Waals surface area contributed by atoms with Crippen molar-refractivity contribution in [3.8, 4) is 17.2 Å². The Hall–Kier alpha value is -1.95. The first-order valence-corrected chi connectivity index (χ1v) is 10.7. The summed E-state index contributed by atoms with van der Waals surface area (Å²) in [4.78, 5) is 17.7. The number of hydrogen-bond acceptors (Lipinski definition) is 5. The van der Waals surface area contributed by atoms with Crippen LogP contribution in [0.4, 0.5) is 0 Å². The molecule has 28 heavy (non-hydrogen) atoms.